The summed E-state index contributed by atoms with van der Waals surface area (Å²) in [6.07, 6.45) is 2.93. The molecule has 4 heteroatoms. The highest BCUT2D eigenvalue weighted by Crippen LogP contribution is 2.24. The Hall–Kier alpha value is -2.62. The number of hydrogen-bond donors (Lipinski definition) is 1. The SMILES string of the molecule is CC(c1ccc2ccccc2c1)n1cncc1C(=O)O. The van der Waals surface area contributed by atoms with Gasteiger partial charge in [-0.15, -0.1) is 0 Å². The second-order valence-electron chi connectivity index (χ2n) is 4.77. The van der Waals surface area contributed by atoms with Crippen LogP contribution in [0.1, 0.15) is 29.0 Å². The van der Waals surface area contributed by atoms with Gasteiger partial charge >= 0.3 is 5.97 Å². The molecule has 3 rings (SSSR count). The van der Waals surface area contributed by atoms with Gasteiger partial charge in [-0.05, 0) is 29.3 Å². The molecule has 0 bridgehead atoms. The van der Waals surface area contributed by atoms with Gasteiger partial charge in [-0.1, -0.05) is 36.4 Å². The highest BCUT2D eigenvalue weighted by Gasteiger charge is 2.16. The van der Waals surface area contributed by atoms with E-state index in [9.17, 15) is 4.79 Å². The standard InChI is InChI=1S/C16H14N2O2/c1-11(18-10-17-9-15(18)16(19)20)13-7-6-12-4-2-3-5-14(12)8-13/h2-11H,1H3,(H,19,20). The normalized spacial score (nSPS) is 12.4. The topological polar surface area (TPSA) is 55.1 Å². The van der Waals surface area contributed by atoms with E-state index >= 15 is 0 Å². The van der Waals surface area contributed by atoms with Crippen molar-refractivity contribution in [3.63, 3.8) is 0 Å². The monoisotopic (exact) mass is 266 g/mol. The molecular formula is C16H14N2O2. The maximum absolute atomic E-state index is 11.2. The maximum atomic E-state index is 11.2. The number of aromatic nitrogens is 2. The number of carboxylic acid groups (broad SMARTS) is 1. The molecule has 0 aliphatic carbocycles. The van der Waals surface area contributed by atoms with Crippen LogP contribution in [0.2, 0.25) is 0 Å². The first-order chi connectivity index (χ1) is 9.66. The van der Waals surface area contributed by atoms with Crippen molar-refractivity contribution in [2.45, 2.75) is 13.0 Å². The Labute approximate surface area is 116 Å². The molecule has 0 saturated carbocycles. The van der Waals surface area contributed by atoms with Crippen molar-refractivity contribution in [3.8, 4) is 0 Å². The molecule has 2 aromatic carbocycles. The van der Waals surface area contributed by atoms with Gasteiger partial charge in [0.05, 0.1) is 18.6 Å². The molecule has 0 radical (unpaired) electrons. The van der Waals surface area contributed by atoms with Crippen LogP contribution in [-0.4, -0.2) is 20.6 Å². The number of benzene rings is 2. The van der Waals surface area contributed by atoms with Crippen LogP contribution in [0, 0.1) is 0 Å². The fourth-order valence-electron chi connectivity index (χ4n) is 2.41. The Morgan fingerprint density at radius 2 is 1.95 bits per heavy atom. The summed E-state index contributed by atoms with van der Waals surface area (Å²) in [5.41, 5.74) is 1.26. The van der Waals surface area contributed by atoms with E-state index in [0.717, 1.165) is 10.9 Å². The van der Waals surface area contributed by atoms with Gasteiger partial charge in [0.25, 0.3) is 0 Å². The van der Waals surface area contributed by atoms with Crippen LogP contribution in [0.25, 0.3) is 10.8 Å². The van der Waals surface area contributed by atoms with Crippen LogP contribution < -0.4 is 0 Å². The van der Waals surface area contributed by atoms with Gasteiger partial charge in [0.15, 0.2) is 0 Å². The number of fused-ring (bicyclic) bond motifs is 1. The molecule has 0 fully saturated rings. The Bertz CT molecular complexity index is 777. The Morgan fingerprint density at radius 1 is 1.20 bits per heavy atom. The van der Waals surface area contributed by atoms with Gasteiger partial charge in [0, 0.05) is 0 Å². The number of carboxylic acids is 1. The van der Waals surface area contributed by atoms with E-state index in [2.05, 4.69) is 29.2 Å². The summed E-state index contributed by atoms with van der Waals surface area (Å²) in [6, 6.07) is 14.2. The highest BCUT2D eigenvalue weighted by atomic mass is 16.4. The van der Waals surface area contributed by atoms with Crippen molar-refractivity contribution < 1.29 is 9.90 Å². The molecule has 0 saturated heterocycles. The quantitative estimate of drug-likeness (QED) is 0.791. The Kier molecular flexibility index (Phi) is 2.99. The maximum Gasteiger partial charge on any atom is 0.354 e. The first-order valence-corrected chi connectivity index (χ1v) is 6.40. The zero-order chi connectivity index (χ0) is 14.1. The number of hydrogen-bond acceptors (Lipinski definition) is 2. The smallest absolute Gasteiger partial charge is 0.354 e. The van der Waals surface area contributed by atoms with Crippen LogP contribution in [0.15, 0.2) is 55.0 Å². The third kappa shape index (κ3) is 2.05. The lowest BCUT2D eigenvalue weighted by Crippen LogP contribution is -2.12. The summed E-state index contributed by atoms with van der Waals surface area (Å²) < 4.78 is 1.67. The predicted octanol–water partition coefficient (Wildman–Crippen LogP) is 3.34. The molecule has 1 heterocycles. The summed E-state index contributed by atoms with van der Waals surface area (Å²) in [5, 5.41) is 11.5. The van der Waals surface area contributed by atoms with Crippen molar-refractivity contribution in [2.24, 2.45) is 0 Å². The van der Waals surface area contributed by atoms with Crippen LogP contribution in [-0.2, 0) is 0 Å². The summed E-state index contributed by atoms with van der Waals surface area (Å²) >= 11 is 0. The molecule has 4 nitrogen and oxygen atoms in total. The van der Waals surface area contributed by atoms with E-state index in [4.69, 9.17) is 5.11 Å². The van der Waals surface area contributed by atoms with E-state index in [1.807, 2.05) is 25.1 Å². The molecule has 0 amide bonds. The largest absolute Gasteiger partial charge is 0.477 e. The van der Waals surface area contributed by atoms with Gasteiger partial charge < -0.3 is 9.67 Å². The second-order valence-corrected chi connectivity index (χ2v) is 4.77. The van der Waals surface area contributed by atoms with Gasteiger partial charge in [0.1, 0.15) is 5.69 Å². The summed E-state index contributed by atoms with van der Waals surface area (Å²) in [4.78, 5) is 15.1. The van der Waals surface area contributed by atoms with E-state index in [0.29, 0.717) is 0 Å². The predicted molar refractivity (Wildman–Crippen MR) is 76.9 cm³/mol. The minimum absolute atomic E-state index is 0.0757. The van der Waals surface area contributed by atoms with Crippen LogP contribution in [0.4, 0.5) is 0 Å². The van der Waals surface area contributed by atoms with Crippen molar-refractivity contribution in [3.05, 3.63) is 66.2 Å². The zero-order valence-corrected chi connectivity index (χ0v) is 11.0. The van der Waals surface area contributed by atoms with Gasteiger partial charge in [-0.2, -0.15) is 0 Å². The molecule has 0 aliphatic heterocycles. The average Bonchev–Trinajstić information content (AvgIpc) is 2.95. The van der Waals surface area contributed by atoms with Crippen molar-refractivity contribution in [1.29, 1.82) is 0 Å². The van der Waals surface area contributed by atoms with Gasteiger partial charge in [-0.25, -0.2) is 9.78 Å². The van der Waals surface area contributed by atoms with Gasteiger partial charge in [0.2, 0.25) is 0 Å². The molecule has 1 unspecified atom stereocenters. The van der Waals surface area contributed by atoms with Crippen molar-refractivity contribution >= 4 is 16.7 Å². The molecule has 3 aromatic rings. The van der Waals surface area contributed by atoms with Gasteiger partial charge in [-0.3, -0.25) is 0 Å². The van der Waals surface area contributed by atoms with E-state index < -0.39 is 5.97 Å². The van der Waals surface area contributed by atoms with Crippen molar-refractivity contribution in [1.82, 2.24) is 9.55 Å². The molecule has 0 aliphatic rings. The van der Waals surface area contributed by atoms with E-state index in [1.54, 1.807) is 10.9 Å². The fraction of sp³-hybridized carbons (Fsp3) is 0.125. The molecule has 20 heavy (non-hydrogen) atoms. The molecule has 1 N–H and O–H groups in total. The lowest BCUT2D eigenvalue weighted by Gasteiger charge is -2.16. The first-order valence-electron chi connectivity index (χ1n) is 6.40. The third-order valence-electron chi connectivity index (χ3n) is 3.56. The molecule has 1 atom stereocenters. The Balaban J connectivity index is 2.05. The van der Waals surface area contributed by atoms with Crippen LogP contribution in [0.3, 0.4) is 0 Å². The zero-order valence-electron chi connectivity index (χ0n) is 11.0. The molecule has 100 valence electrons. The van der Waals surface area contributed by atoms with Crippen LogP contribution >= 0.6 is 0 Å². The van der Waals surface area contributed by atoms with E-state index in [1.165, 1.54) is 11.6 Å². The number of rotatable bonds is 3. The minimum Gasteiger partial charge on any atom is -0.477 e. The lowest BCUT2D eigenvalue weighted by molar-refractivity contribution is 0.0684. The molecular weight excluding hydrogens is 252 g/mol. The van der Waals surface area contributed by atoms with Crippen molar-refractivity contribution in [2.75, 3.05) is 0 Å². The number of imidazole rings is 1. The van der Waals surface area contributed by atoms with E-state index in [-0.39, 0.29) is 11.7 Å². The number of aromatic carboxylic acids is 1. The second kappa shape index (κ2) is 4.81. The van der Waals surface area contributed by atoms with Crippen LogP contribution in [0.5, 0.6) is 0 Å². The molecule has 0 spiro atoms. The summed E-state index contributed by atoms with van der Waals surface area (Å²) in [5.74, 6) is -0.963. The Morgan fingerprint density at radius 3 is 2.70 bits per heavy atom. The first kappa shape index (κ1) is 12.4. The average molecular weight is 266 g/mol. The summed E-state index contributed by atoms with van der Waals surface area (Å²) in [6.45, 7) is 1.97. The third-order valence-corrected chi connectivity index (χ3v) is 3.56. The molecule has 1 aromatic heterocycles. The number of carbonyl (C=O) groups is 1. The highest BCUT2D eigenvalue weighted by molar-refractivity contribution is 5.85. The fourth-order valence-corrected chi connectivity index (χ4v) is 2.41. The minimum atomic E-state index is -0.963. The lowest BCUT2D eigenvalue weighted by atomic mass is 10.0. The number of nitrogens with zero attached hydrogens (tertiary/aromatic N) is 2. The summed E-state index contributed by atoms with van der Waals surface area (Å²) in [7, 11) is 0.